The highest BCUT2D eigenvalue weighted by atomic mass is 35.5. The molecule has 4 N–H and O–H groups in total. The Labute approximate surface area is 161 Å². The zero-order chi connectivity index (χ0) is 20.1. The van der Waals surface area contributed by atoms with Gasteiger partial charge >= 0.3 is 11.9 Å². The number of aromatic carboxylic acids is 2. The predicted molar refractivity (Wildman–Crippen MR) is 100 cm³/mol. The van der Waals surface area contributed by atoms with Crippen molar-refractivity contribution in [1.29, 1.82) is 0 Å². The maximum atomic E-state index is 10.3. The Morgan fingerprint density at radius 1 is 0.846 bits per heavy atom. The van der Waals surface area contributed by atoms with Gasteiger partial charge in [0, 0.05) is 10.0 Å². The van der Waals surface area contributed by atoms with Gasteiger partial charge in [0.15, 0.2) is 0 Å². The number of hydrogen-bond acceptors (Lipinski definition) is 4. The topological polar surface area (TPSA) is 115 Å². The van der Waals surface area contributed by atoms with Gasteiger partial charge < -0.3 is 20.4 Å². The van der Waals surface area contributed by atoms with E-state index in [1.54, 1.807) is 24.3 Å². The minimum atomic E-state index is -0.934. The number of benzene rings is 2. The molecule has 0 aromatic heterocycles. The first-order valence-corrected chi connectivity index (χ1v) is 8.23. The number of rotatable bonds is 4. The minimum absolute atomic E-state index is 0.115. The van der Waals surface area contributed by atoms with Crippen molar-refractivity contribution in [2.75, 3.05) is 6.61 Å². The molecule has 0 heterocycles. The van der Waals surface area contributed by atoms with E-state index in [0.29, 0.717) is 16.5 Å². The van der Waals surface area contributed by atoms with E-state index in [9.17, 15) is 9.59 Å². The number of carbonyl (C=O) groups is 2. The van der Waals surface area contributed by atoms with Gasteiger partial charge in [-0.25, -0.2) is 9.59 Å². The zero-order valence-electron chi connectivity index (χ0n) is 14.0. The summed E-state index contributed by atoms with van der Waals surface area (Å²) in [6.45, 7) is 1.71. The Balaban J connectivity index is 0.000000375. The van der Waals surface area contributed by atoms with Crippen molar-refractivity contribution in [2.24, 2.45) is 0 Å². The fraction of sp³-hybridized carbons (Fsp3) is 0.222. The van der Waals surface area contributed by atoms with Crippen LogP contribution in [0.4, 0.5) is 0 Å². The molecule has 0 fully saturated rings. The van der Waals surface area contributed by atoms with Crippen molar-refractivity contribution < 1.29 is 30.0 Å². The van der Waals surface area contributed by atoms with Gasteiger partial charge in [0.2, 0.25) is 0 Å². The van der Waals surface area contributed by atoms with Gasteiger partial charge in [0.1, 0.15) is 0 Å². The first-order chi connectivity index (χ1) is 12.2. The molecule has 6 nitrogen and oxygen atoms in total. The number of carboxylic acids is 2. The molecule has 0 saturated heterocycles. The van der Waals surface area contributed by atoms with Crippen LogP contribution in [0.1, 0.15) is 34.1 Å². The molecule has 2 aromatic rings. The van der Waals surface area contributed by atoms with Crippen LogP contribution < -0.4 is 0 Å². The third-order valence-corrected chi connectivity index (χ3v) is 3.37. The normalized spacial score (nSPS) is 10.5. The van der Waals surface area contributed by atoms with Crippen LogP contribution in [0.25, 0.3) is 0 Å². The molecule has 142 valence electrons. The number of aliphatic hydroxyl groups excluding tert-OH is 2. The van der Waals surface area contributed by atoms with Gasteiger partial charge in [-0.1, -0.05) is 30.1 Å². The lowest BCUT2D eigenvalue weighted by Gasteiger charge is -1.97. The Bertz CT molecular complexity index is 612. The average molecular weight is 403 g/mol. The van der Waals surface area contributed by atoms with Crippen LogP contribution in [-0.4, -0.2) is 45.1 Å². The maximum absolute atomic E-state index is 10.3. The average Bonchev–Trinajstić information content (AvgIpc) is 2.63. The zero-order valence-corrected chi connectivity index (χ0v) is 15.5. The number of aliphatic hydroxyl groups is 2. The molecule has 0 spiro atoms. The van der Waals surface area contributed by atoms with Crippen LogP contribution >= 0.6 is 23.2 Å². The summed E-state index contributed by atoms with van der Waals surface area (Å²) < 4.78 is 0. The summed E-state index contributed by atoms with van der Waals surface area (Å²) in [6, 6.07) is 12.0. The number of hydrogen-bond donors (Lipinski definition) is 4. The summed E-state index contributed by atoms with van der Waals surface area (Å²) in [7, 11) is 0. The Morgan fingerprint density at radius 3 is 1.31 bits per heavy atom. The first kappa shape index (κ1) is 23.9. The summed E-state index contributed by atoms with van der Waals surface area (Å²) >= 11 is 11.0. The highest BCUT2D eigenvalue weighted by Gasteiger charge is 2.00. The molecule has 26 heavy (non-hydrogen) atoms. The van der Waals surface area contributed by atoms with E-state index < -0.39 is 18.0 Å². The van der Waals surface area contributed by atoms with Crippen LogP contribution in [0, 0.1) is 0 Å². The largest absolute Gasteiger partial charge is 0.478 e. The summed E-state index contributed by atoms with van der Waals surface area (Å²) in [5.41, 5.74) is 0.508. The Kier molecular flexibility index (Phi) is 12.1. The van der Waals surface area contributed by atoms with Crippen molar-refractivity contribution in [3.8, 4) is 0 Å². The van der Waals surface area contributed by atoms with E-state index in [2.05, 4.69) is 0 Å². The molecular formula is C18H20Cl2O6. The van der Waals surface area contributed by atoms with Gasteiger partial charge in [-0.3, -0.25) is 0 Å². The monoisotopic (exact) mass is 402 g/mol. The summed E-state index contributed by atoms with van der Waals surface area (Å²) in [4.78, 5) is 20.5. The molecule has 0 aliphatic rings. The van der Waals surface area contributed by atoms with Crippen LogP contribution in [0.15, 0.2) is 48.5 Å². The van der Waals surface area contributed by atoms with E-state index in [1.807, 2.05) is 6.92 Å². The quantitative estimate of drug-likeness (QED) is 0.617. The number of halogens is 2. The molecular weight excluding hydrogens is 383 g/mol. The third kappa shape index (κ3) is 10.7. The second-order valence-corrected chi connectivity index (χ2v) is 5.74. The van der Waals surface area contributed by atoms with E-state index >= 15 is 0 Å². The summed E-state index contributed by atoms with van der Waals surface area (Å²) in [6.07, 6.45) is 0.126. The first-order valence-electron chi connectivity index (χ1n) is 7.47. The van der Waals surface area contributed by atoms with E-state index in [-0.39, 0.29) is 17.7 Å². The number of carboxylic acid groups (broad SMARTS) is 2. The van der Waals surface area contributed by atoms with Crippen molar-refractivity contribution in [3.05, 3.63) is 69.7 Å². The summed E-state index contributed by atoms with van der Waals surface area (Å²) in [5.74, 6) is -1.87. The molecule has 0 bridgehead atoms. The van der Waals surface area contributed by atoms with Crippen molar-refractivity contribution in [2.45, 2.75) is 19.4 Å². The Morgan fingerprint density at radius 2 is 1.15 bits per heavy atom. The summed E-state index contributed by atoms with van der Waals surface area (Å²) in [5, 5.41) is 34.5. The Hall–Kier alpha value is -2.12. The highest BCUT2D eigenvalue weighted by Crippen LogP contribution is 2.09. The van der Waals surface area contributed by atoms with Gasteiger partial charge in [0.05, 0.1) is 23.8 Å². The second kappa shape index (κ2) is 13.1. The van der Waals surface area contributed by atoms with Gasteiger partial charge in [-0.15, -0.1) is 0 Å². The second-order valence-electron chi connectivity index (χ2n) is 4.87. The minimum Gasteiger partial charge on any atom is -0.478 e. The van der Waals surface area contributed by atoms with E-state index in [0.717, 1.165) is 0 Å². The molecule has 8 heteroatoms. The maximum Gasteiger partial charge on any atom is 0.335 e. The molecule has 0 saturated carbocycles. The molecule has 0 aliphatic heterocycles. The van der Waals surface area contributed by atoms with E-state index in [1.165, 1.54) is 24.3 Å². The molecule has 1 atom stereocenters. The lowest BCUT2D eigenvalue weighted by atomic mass is 10.2. The molecule has 0 radical (unpaired) electrons. The van der Waals surface area contributed by atoms with Crippen LogP contribution in [0.2, 0.25) is 10.0 Å². The van der Waals surface area contributed by atoms with Crippen LogP contribution in [-0.2, 0) is 0 Å². The van der Waals surface area contributed by atoms with Crippen LogP contribution in [0.5, 0.6) is 0 Å². The van der Waals surface area contributed by atoms with E-state index in [4.69, 9.17) is 43.6 Å². The molecule has 1 unspecified atom stereocenters. The van der Waals surface area contributed by atoms with Gasteiger partial charge in [-0.05, 0) is 55.0 Å². The lowest BCUT2D eigenvalue weighted by Crippen LogP contribution is -2.08. The molecule has 2 aromatic carbocycles. The SMILES string of the molecule is CCC(O)CO.O=C(O)c1ccc(Cl)cc1.O=C(O)c1ccc(Cl)cc1. The van der Waals surface area contributed by atoms with Crippen molar-refractivity contribution in [3.63, 3.8) is 0 Å². The van der Waals surface area contributed by atoms with Crippen molar-refractivity contribution >= 4 is 35.1 Å². The third-order valence-electron chi connectivity index (χ3n) is 2.86. The highest BCUT2D eigenvalue weighted by molar-refractivity contribution is 6.30. The predicted octanol–water partition coefficient (Wildman–Crippen LogP) is 3.83. The fourth-order valence-corrected chi connectivity index (χ4v) is 1.57. The van der Waals surface area contributed by atoms with Crippen LogP contribution in [0.3, 0.4) is 0 Å². The molecule has 2 rings (SSSR count). The standard InChI is InChI=1S/2C7H5ClO2.C4H10O2/c2*8-6-3-1-5(2-4-6)7(9)10;1-2-4(6)3-5/h2*1-4H,(H,9,10);4-6H,2-3H2,1H3. The lowest BCUT2D eigenvalue weighted by molar-refractivity contribution is 0.0686. The van der Waals surface area contributed by atoms with Gasteiger partial charge in [-0.2, -0.15) is 0 Å². The fourth-order valence-electron chi connectivity index (χ4n) is 1.31. The van der Waals surface area contributed by atoms with Gasteiger partial charge in [0.25, 0.3) is 0 Å². The molecule has 0 aliphatic carbocycles. The molecule has 0 amide bonds. The van der Waals surface area contributed by atoms with Crippen molar-refractivity contribution in [1.82, 2.24) is 0 Å². The smallest absolute Gasteiger partial charge is 0.335 e.